The molecule has 0 aromatic heterocycles. The lowest BCUT2D eigenvalue weighted by Gasteiger charge is -2.24. The number of likely N-dealkylation sites (tertiary alicyclic amines) is 1. The Hall–Kier alpha value is -1.59. The van der Waals surface area contributed by atoms with E-state index in [0.717, 1.165) is 37.4 Å². The molecule has 1 N–H and O–H groups in total. The Bertz CT molecular complexity index is 506. The van der Waals surface area contributed by atoms with Crippen LogP contribution in [0, 0.1) is 5.92 Å². The van der Waals surface area contributed by atoms with Gasteiger partial charge in [0.2, 0.25) is 5.91 Å². The highest BCUT2D eigenvalue weighted by molar-refractivity contribution is 5.73. The van der Waals surface area contributed by atoms with Crippen molar-refractivity contribution in [2.75, 3.05) is 40.3 Å². The number of carbonyl (C=O) groups is 1. The number of hydrogen-bond acceptors (Lipinski definition) is 4. The highest BCUT2D eigenvalue weighted by Gasteiger charge is 2.25. The molecule has 5 nitrogen and oxygen atoms in total. The van der Waals surface area contributed by atoms with Gasteiger partial charge in [-0.1, -0.05) is 12.1 Å². The highest BCUT2D eigenvalue weighted by Crippen LogP contribution is 2.21. The lowest BCUT2D eigenvalue weighted by Crippen LogP contribution is -2.32. The SMILES string of the molecule is COc1cccc(C(O)CN(C)CC2CCN(C(C)=O)C2)c1. The third-order valence-corrected chi connectivity index (χ3v) is 4.26. The second kappa shape index (κ2) is 7.61. The summed E-state index contributed by atoms with van der Waals surface area (Å²) in [6.45, 7) is 4.77. The summed E-state index contributed by atoms with van der Waals surface area (Å²) in [7, 11) is 3.64. The molecule has 1 aromatic rings. The molecule has 1 aliphatic rings. The number of nitrogens with zero attached hydrogens (tertiary/aromatic N) is 2. The highest BCUT2D eigenvalue weighted by atomic mass is 16.5. The van der Waals surface area contributed by atoms with Crippen molar-refractivity contribution in [3.8, 4) is 5.75 Å². The number of likely N-dealkylation sites (N-methyl/N-ethyl adjacent to an activating group) is 1. The minimum Gasteiger partial charge on any atom is -0.497 e. The van der Waals surface area contributed by atoms with Crippen molar-refractivity contribution >= 4 is 5.91 Å². The number of amides is 1. The molecule has 0 bridgehead atoms. The van der Waals surface area contributed by atoms with E-state index in [2.05, 4.69) is 4.90 Å². The van der Waals surface area contributed by atoms with E-state index < -0.39 is 6.10 Å². The van der Waals surface area contributed by atoms with Gasteiger partial charge in [0.05, 0.1) is 13.2 Å². The van der Waals surface area contributed by atoms with E-state index in [9.17, 15) is 9.90 Å². The van der Waals surface area contributed by atoms with Gasteiger partial charge in [0.15, 0.2) is 0 Å². The van der Waals surface area contributed by atoms with Gasteiger partial charge in [-0.2, -0.15) is 0 Å². The molecule has 0 saturated carbocycles. The number of carbonyl (C=O) groups excluding carboxylic acids is 1. The molecule has 22 heavy (non-hydrogen) atoms. The Labute approximate surface area is 132 Å². The molecule has 1 fully saturated rings. The first kappa shape index (κ1) is 16.8. The van der Waals surface area contributed by atoms with E-state index in [4.69, 9.17) is 4.74 Å². The fraction of sp³-hybridized carbons (Fsp3) is 0.588. The van der Waals surface area contributed by atoms with Crippen LogP contribution in [0.15, 0.2) is 24.3 Å². The van der Waals surface area contributed by atoms with Crippen molar-refractivity contribution in [1.82, 2.24) is 9.80 Å². The molecular formula is C17H26N2O3. The van der Waals surface area contributed by atoms with Crippen LogP contribution >= 0.6 is 0 Å². The van der Waals surface area contributed by atoms with Gasteiger partial charge in [-0.15, -0.1) is 0 Å². The summed E-state index contributed by atoms with van der Waals surface area (Å²) < 4.78 is 5.19. The molecule has 1 amide bonds. The standard InChI is InChI=1S/C17H26N2O3/c1-13(20)19-8-7-14(11-19)10-18(2)12-17(21)15-5-4-6-16(9-15)22-3/h4-6,9,14,17,21H,7-8,10-12H2,1-3H3. The molecule has 1 aromatic carbocycles. The predicted molar refractivity (Wildman–Crippen MR) is 85.8 cm³/mol. The number of methoxy groups -OCH3 is 1. The van der Waals surface area contributed by atoms with Gasteiger partial charge in [0.25, 0.3) is 0 Å². The fourth-order valence-corrected chi connectivity index (χ4v) is 3.03. The molecule has 2 rings (SSSR count). The second-order valence-electron chi connectivity index (χ2n) is 6.13. The largest absolute Gasteiger partial charge is 0.497 e. The molecule has 0 spiro atoms. The predicted octanol–water partition coefficient (Wildman–Crippen LogP) is 1.53. The van der Waals surface area contributed by atoms with E-state index in [0.29, 0.717) is 12.5 Å². The van der Waals surface area contributed by atoms with E-state index >= 15 is 0 Å². The maximum absolute atomic E-state index is 11.4. The smallest absolute Gasteiger partial charge is 0.219 e. The van der Waals surface area contributed by atoms with Gasteiger partial charge in [-0.3, -0.25) is 4.79 Å². The van der Waals surface area contributed by atoms with Crippen LogP contribution in [-0.4, -0.2) is 61.2 Å². The molecule has 0 radical (unpaired) electrons. The molecule has 5 heteroatoms. The Kier molecular flexibility index (Phi) is 5.80. The van der Waals surface area contributed by atoms with E-state index in [1.165, 1.54) is 0 Å². The van der Waals surface area contributed by atoms with Crippen molar-refractivity contribution in [3.63, 3.8) is 0 Å². The number of aliphatic hydroxyl groups is 1. The van der Waals surface area contributed by atoms with Gasteiger partial charge in [-0.05, 0) is 37.1 Å². The Morgan fingerprint density at radius 1 is 1.55 bits per heavy atom. The van der Waals surface area contributed by atoms with E-state index in [-0.39, 0.29) is 5.91 Å². The molecule has 1 saturated heterocycles. The van der Waals surface area contributed by atoms with Crippen LogP contribution in [0.25, 0.3) is 0 Å². The van der Waals surface area contributed by atoms with Crippen LogP contribution in [0.3, 0.4) is 0 Å². The number of aliphatic hydroxyl groups excluding tert-OH is 1. The monoisotopic (exact) mass is 306 g/mol. The van der Waals surface area contributed by atoms with E-state index in [1.807, 2.05) is 36.2 Å². The molecule has 1 heterocycles. The lowest BCUT2D eigenvalue weighted by atomic mass is 10.1. The van der Waals surface area contributed by atoms with Crippen LogP contribution in [0.2, 0.25) is 0 Å². The van der Waals surface area contributed by atoms with Crippen molar-refractivity contribution in [3.05, 3.63) is 29.8 Å². The maximum atomic E-state index is 11.4. The van der Waals surface area contributed by atoms with Crippen molar-refractivity contribution in [1.29, 1.82) is 0 Å². The van der Waals surface area contributed by atoms with Crippen LogP contribution in [-0.2, 0) is 4.79 Å². The van der Waals surface area contributed by atoms with Crippen LogP contribution in [0.5, 0.6) is 5.75 Å². The maximum Gasteiger partial charge on any atom is 0.219 e. The third kappa shape index (κ3) is 4.45. The summed E-state index contributed by atoms with van der Waals surface area (Å²) in [6.07, 6.45) is 0.504. The minimum atomic E-state index is -0.537. The normalized spacial score (nSPS) is 19.5. The molecule has 0 aliphatic carbocycles. The zero-order chi connectivity index (χ0) is 16.1. The van der Waals surface area contributed by atoms with Gasteiger partial charge < -0.3 is 19.6 Å². The first-order chi connectivity index (χ1) is 10.5. The van der Waals surface area contributed by atoms with Gasteiger partial charge in [0, 0.05) is 33.1 Å². The number of ether oxygens (including phenoxy) is 1. The number of rotatable bonds is 6. The van der Waals surface area contributed by atoms with Crippen LogP contribution in [0.1, 0.15) is 25.0 Å². The Balaban J connectivity index is 1.83. The summed E-state index contributed by atoms with van der Waals surface area (Å²) in [6, 6.07) is 7.54. The summed E-state index contributed by atoms with van der Waals surface area (Å²) in [5, 5.41) is 10.4. The summed E-state index contributed by atoms with van der Waals surface area (Å²) in [5.74, 6) is 1.40. The number of benzene rings is 1. The first-order valence-electron chi connectivity index (χ1n) is 7.75. The molecular weight excluding hydrogens is 280 g/mol. The fourth-order valence-electron chi connectivity index (χ4n) is 3.03. The minimum absolute atomic E-state index is 0.154. The van der Waals surface area contributed by atoms with Crippen molar-refractivity contribution in [2.24, 2.45) is 5.92 Å². The van der Waals surface area contributed by atoms with Crippen LogP contribution in [0.4, 0.5) is 0 Å². The first-order valence-corrected chi connectivity index (χ1v) is 7.75. The average molecular weight is 306 g/mol. The quantitative estimate of drug-likeness (QED) is 0.866. The van der Waals surface area contributed by atoms with Crippen molar-refractivity contribution in [2.45, 2.75) is 19.4 Å². The van der Waals surface area contributed by atoms with Crippen molar-refractivity contribution < 1.29 is 14.6 Å². The summed E-state index contributed by atoms with van der Waals surface area (Å²) in [4.78, 5) is 15.4. The average Bonchev–Trinajstić information content (AvgIpc) is 2.95. The zero-order valence-electron chi connectivity index (χ0n) is 13.7. The lowest BCUT2D eigenvalue weighted by molar-refractivity contribution is -0.127. The van der Waals surface area contributed by atoms with Crippen LogP contribution < -0.4 is 4.74 Å². The molecule has 2 unspecified atom stereocenters. The zero-order valence-corrected chi connectivity index (χ0v) is 13.7. The topological polar surface area (TPSA) is 53.0 Å². The number of hydrogen-bond donors (Lipinski definition) is 1. The molecule has 2 atom stereocenters. The summed E-state index contributed by atoms with van der Waals surface area (Å²) >= 11 is 0. The Morgan fingerprint density at radius 3 is 2.95 bits per heavy atom. The third-order valence-electron chi connectivity index (χ3n) is 4.26. The van der Waals surface area contributed by atoms with Gasteiger partial charge in [-0.25, -0.2) is 0 Å². The summed E-state index contributed by atoms with van der Waals surface area (Å²) in [5.41, 5.74) is 0.864. The van der Waals surface area contributed by atoms with Gasteiger partial charge >= 0.3 is 0 Å². The van der Waals surface area contributed by atoms with Gasteiger partial charge in [0.1, 0.15) is 5.75 Å². The molecule has 122 valence electrons. The molecule has 1 aliphatic heterocycles. The van der Waals surface area contributed by atoms with E-state index in [1.54, 1.807) is 14.0 Å². The second-order valence-corrected chi connectivity index (χ2v) is 6.13. The Morgan fingerprint density at radius 2 is 2.32 bits per heavy atom.